The lowest BCUT2D eigenvalue weighted by Gasteiger charge is -2.09. The number of anilines is 1. The first-order valence-corrected chi connectivity index (χ1v) is 9.90. The quantitative estimate of drug-likeness (QED) is 0.647. The first-order valence-electron chi connectivity index (χ1n) is 8.92. The van der Waals surface area contributed by atoms with Gasteiger partial charge < -0.3 is 9.88 Å². The second-order valence-electron chi connectivity index (χ2n) is 6.68. The lowest BCUT2D eigenvalue weighted by atomic mass is 10.1. The van der Waals surface area contributed by atoms with Crippen molar-refractivity contribution in [1.82, 2.24) is 19.7 Å². The number of nitriles is 1. The Kier molecular flexibility index (Phi) is 5.08. The standard InChI is InChI=1S/C20H18N6OS/c1-26-12-22-25-20(26)28-11-13-3-2-4-16(9-13)23-19(27)17-8-7-15(10-21)18(24-17)14-5-6-14/h2-4,7-9,12,14H,5-6,11H2,1H3,(H,23,27). The fourth-order valence-electron chi connectivity index (χ4n) is 2.85. The number of carbonyl (C=O) groups excluding carboxylic acids is 1. The van der Waals surface area contributed by atoms with Crippen LogP contribution in [-0.4, -0.2) is 25.7 Å². The number of aromatic nitrogens is 4. The Morgan fingerprint density at radius 1 is 1.36 bits per heavy atom. The molecule has 1 aromatic carbocycles. The minimum absolute atomic E-state index is 0.274. The lowest BCUT2D eigenvalue weighted by Crippen LogP contribution is -2.15. The Bertz CT molecular complexity index is 1070. The van der Waals surface area contributed by atoms with Crippen molar-refractivity contribution in [2.45, 2.75) is 29.7 Å². The molecule has 8 heteroatoms. The second kappa shape index (κ2) is 7.82. The van der Waals surface area contributed by atoms with Crippen molar-refractivity contribution in [3.8, 4) is 6.07 Å². The van der Waals surface area contributed by atoms with Gasteiger partial charge in [-0.05, 0) is 42.7 Å². The van der Waals surface area contributed by atoms with Crippen LogP contribution in [0.2, 0.25) is 0 Å². The highest BCUT2D eigenvalue weighted by Gasteiger charge is 2.28. The summed E-state index contributed by atoms with van der Waals surface area (Å²) in [5, 5.41) is 20.9. The molecule has 1 aliphatic rings. The molecule has 0 spiro atoms. The van der Waals surface area contributed by atoms with E-state index >= 15 is 0 Å². The predicted molar refractivity (Wildman–Crippen MR) is 106 cm³/mol. The van der Waals surface area contributed by atoms with E-state index in [0.717, 1.165) is 35.0 Å². The zero-order valence-electron chi connectivity index (χ0n) is 15.3. The van der Waals surface area contributed by atoms with Crippen LogP contribution in [0.1, 0.15) is 46.1 Å². The molecular weight excluding hydrogens is 372 g/mol. The third kappa shape index (κ3) is 4.05. The SMILES string of the molecule is Cn1cnnc1SCc1cccc(NC(=O)c2ccc(C#N)c(C3CC3)n2)c1. The molecule has 1 amide bonds. The average molecular weight is 390 g/mol. The Morgan fingerprint density at radius 2 is 2.21 bits per heavy atom. The first kappa shape index (κ1) is 18.2. The third-order valence-electron chi connectivity index (χ3n) is 4.46. The molecule has 1 aliphatic carbocycles. The molecule has 28 heavy (non-hydrogen) atoms. The van der Waals surface area contributed by atoms with Gasteiger partial charge in [-0.2, -0.15) is 5.26 Å². The van der Waals surface area contributed by atoms with Gasteiger partial charge >= 0.3 is 0 Å². The highest BCUT2D eigenvalue weighted by atomic mass is 32.2. The summed E-state index contributed by atoms with van der Waals surface area (Å²) in [7, 11) is 1.90. The zero-order valence-corrected chi connectivity index (χ0v) is 16.1. The van der Waals surface area contributed by atoms with Gasteiger partial charge in [0.2, 0.25) is 0 Å². The highest BCUT2D eigenvalue weighted by Crippen LogP contribution is 2.40. The Hall–Kier alpha value is -3.18. The van der Waals surface area contributed by atoms with Crippen molar-refractivity contribution in [3.05, 3.63) is 65.2 Å². The fourth-order valence-corrected chi connectivity index (χ4v) is 3.68. The number of nitrogens with one attached hydrogen (secondary N) is 1. The third-order valence-corrected chi connectivity index (χ3v) is 5.57. The largest absolute Gasteiger partial charge is 0.321 e. The minimum Gasteiger partial charge on any atom is -0.321 e. The maximum Gasteiger partial charge on any atom is 0.274 e. The molecule has 0 aliphatic heterocycles. The van der Waals surface area contributed by atoms with Crippen LogP contribution in [-0.2, 0) is 12.8 Å². The number of aryl methyl sites for hydroxylation is 1. The summed E-state index contributed by atoms with van der Waals surface area (Å²) >= 11 is 1.58. The molecule has 7 nitrogen and oxygen atoms in total. The molecular formula is C20H18N6OS. The summed E-state index contributed by atoms with van der Waals surface area (Å²) in [6.45, 7) is 0. The van der Waals surface area contributed by atoms with Crippen LogP contribution in [0.4, 0.5) is 5.69 Å². The molecule has 1 saturated carbocycles. The van der Waals surface area contributed by atoms with Gasteiger partial charge in [-0.3, -0.25) is 4.79 Å². The average Bonchev–Trinajstić information content (AvgIpc) is 3.48. The van der Waals surface area contributed by atoms with Crippen molar-refractivity contribution in [3.63, 3.8) is 0 Å². The summed E-state index contributed by atoms with van der Waals surface area (Å²) in [6, 6.07) is 13.1. The van der Waals surface area contributed by atoms with Gasteiger partial charge in [0.25, 0.3) is 5.91 Å². The molecule has 2 aromatic heterocycles. The van der Waals surface area contributed by atoms with Gasteiger partial charge in [0.05, 0.1) is 11.3 Å². The van der Waals surface area contributed by atoms with Crippen molar-refractivity contribution < 1.29 is 4.79 Å². The van der Waals surface area contributed by atoms with E-state index in [2.05, 4.69) is 26.6 Å². The van der Waals surface area contributed by atoms with Crippen molar-refractivity contribution in [2.24, 2.45) is 7.05 Å². The Labute approximate surface area is 166 Å². The van der Waals surface area contributed by atoms with E-state index in [9.17, 15) is 10.1 Å². The molecule has 2 heterocycles. The number of nitrogens with zero attached hydrogens (tertiary/aromatic N) is 5. The van der Waals surface area contributed by atoms with Crippen LogP contribution in [0.3, 0.4) is 0 Å². The van der Waals surface area contributed by atoms with E-state index < -0.39 is 0 Å². The number of thioether (sulfide) groups is 1. The van der Waals surface area contributed by atoms with Crippen molar-refractivity contribution in [1.29, 1.82) is 5.26 Å². The molecule has 0 bridgehead atoms. The molecule has 0 saturated heterocycles. The van der Waals surface area contributed by atoms with Gasteiger partial charge in [-0.1, -0.05) is 23.9 Å². The summed E-state index contributed by atoms with van der Waals surface area (Å²) in [5.41, 5.74) is 3.41. The van der Waals surface area contributed by atoms with Crippen LogP contribution < -0.4 is 5.32 Å². The summed E-state index contributed by atoms with van der Waals surface area (Å²) in [4.78, 5) is 17.1. The number of rotatable bonds is 6. The van der Waals surface area contributed by atoms with Gasteiger partial charge in [-0.15, -0.1) is 10.2 Å². The zero-order chi connectivity index (χ0) is 19.5. The maximum atomic E-state index is 12.6. The van der Waals surface area contributed by atoms with E-state index in [1.165, 1.54) is 0 Å². The summed E-state index contributed by atoms with van der Waals surface area (Å²) < 4.78 is 1.87. The lowest BCUT2D eigenvalue weighted by molar-refractivity contribution is 0.102. The van der Waals surface area contributed by atoms with Crippen LogP contribution in [0, 0.1) is 11.3 Å². The molecule has 0 unspecified atom stereocenters. The molecule has 0 radical (unpaired) electrons. The topological polar surface area (TPSA) is 96.5 Å². The van der Waals surface area contributed by atoms with Crippen molar-refractivity contribution in [2.75, 3.05) is 5.32 Å². The number of pyridine rings is 1. The summed E-state index contributed by atoms with van der Waals surface area (Å²) in [5.74, 6) is 0.754. The summed E-state index contributed by atoms with van der Waals surface area (Å²) in [6.07, 6.45) is 3.72. The van der Waals surface area contributed by atoms with Crippen LogP contribution in [0.25, 0.3) is 0 Å². The molecule has 1 N–H and O–H groups in total. The van der Waals surface area contributed by atoms with E-state index in [1.807, 2.05) is 35.9 Å². The molecule has 140 valence electrons. The smallest absolute Gasteiger partial charge is 0.274 e. The number of amides is 1. The molecule has 0 atom stereocenters. The Morgan fingerprint density at radius 3 is 2.93 bits per heavy atom. The number of hydrogen-bond acceptors (Lipinski definition) is 6. The minimum atomic E-state index is -0.274. The van der Waals surface area contributed by atoms with E-state index in [-0.39, 0.29) is 5.91 Å². The normalized spacial score (nSPS) is 13.1. The highest BCUT2D eigenvalue weighted by molar-refractivity contribution is 7.98. The maximum absolute atomic E-state index is 12.6. The number of carbonyl (C=O) groups is 1. The first-order chi connectivity index (χ1) is 13.6. The van der Waals surface area contributed by atoms with Crippen LogP contribution >= 0.6 is 11.8 Å². The van der Waals surface area contributed by atoms with E-state index in [4.69, 9.17) is 0 Å². The Balaban J connectivity index is 1.45. The molecule has 4 rings (SSSR count). The van der Waals surface area contributed by atoms with Crippen molar-refractivity contribution >= 4 is 23.4 Å². The number of benzene rings is 1. The fraction of sp³-hybridized carbons (Fsp3) is 0.250. The monoisotopic (exact) mass is 390 g/mol. The van der Waals surface area contributed by atoms with Crippen LogP contribution in [0.15, 0.2) is 47.9 Å². The predicted octanol–water partition coefficient (Wildman–Crippen LogP) is 3.50. The number of hydrogen-bond donors (Lipinski definition) is 1. The van der Waals surface area contributed by atoms with Gasteiger partial charge in [-0.25, -0.2) is 4.98 Å². The van der Waals surface area contributed by atoms with E-state index in [1.54, 1.807) is 30.2 Å². The second-order valence-corrected chi connectivity index (χ2v) is 7.63. The van der Waals surface area contributed by atoms with Gasteiger partial charge in [0.1, 0.15) is 18.1 Å². The molecule has 3 aromatic rings. The van der Waals surface area contributed by atoms with Gasteiger partial charge in [0.15, 0.2) is 5.16 Å². The van der Waals surface area contributed by atoms with E-state index in [0.29, 0.717) is 22.9 Å². The van der Waals surface area contributed by atoms with Crippen LogP contribution in [0.5, 0.6) is 0 Å². The molecule has 1 fully saturated rings. The van der Waals surface area contributed by atoms with Gasteiger partial charge in [0, 0.05) is 24.4 Å².